The van der Waals surface area contributed by atoms with Gasteiger partial charge in [-0.2, -0.15) is 0 Å². The molecule has 1 atom stereocenters. The molecule has 0 radical (unpaired) electrons. The van der Waals surface area contributed by atoms with Gasteiger partial charge in [0.2, 0.25) is 0 Å². The van der Waals surface area contributed by atoms with E-state index in [0.29, 0.717) is 25.9 Å². The molecule has 0 bridgehead atoms. The molecule has 0 aromatic rings. The van der Waals surface area contributed by atoms with Crippen molar-refractivity contribution >= 4 is 12.0 Å². The summed E-state index contributed by atoms with van der Waals surface area (Å²) in [4.78, 5) is 27.0. The van der Waals surface area contributed by atoms with Crippen molar-refractivity contribution in [1.29, 1.82) is 0 Å². The average Bonchev–Trinajstić information content (AvgIpc) is 2.38. The molecule has 0 aromatic carbocycles. The van der Waals surface area contributed by atoms with E-state index < -0.39 is 11.4 Å². The molecule has 0 spiro atoms. The first kappa shape index (κ1) is 15.8. The molecule has 19 heavy (non-hydrogen) atoms. The van der Waals surface area contributed by atoms with Crippen molar-refractivity contribution in [3.63, 3.8) is 0 Å². The van der Waals surface area contributed by atoms with Gasteiger partial charge in [-0.25, -0.2) is 4.79 Å². The number of urea groups is 1. The van der Waals surface area contributed by atoms with Gasteiger partial charge in [-0.15, -0.1) is 0 Å². The maximum absolute atomic E-state index is 12.3. The highest BCUT2D eigenvalue weighted by Crippen LogP contribution is 2.31. The SMILES string of the molecule is CCCC(C)N(C)C(=O)N1CCC(C)(C(=O)O)CC1. The number of carbonyl (C=O) groups is 2. The first-order valence-electron chi connectivity index (χ1n) is 7.07. The molecule has 1 aliphatic heterocycles. The summed E-state index contributed by atoms with van der Waals surface area (Å²) in [5.41, 5.74) is -0.676. The number of rotatable bonds is 4. The first-order valence-corrected chi connectivity index (χ1v) is 7.07. The van der Waals surface area contributed by atoms with Gasteiger partial charge in [0.05, 0.1) is 5.41 Å². The summed E-state index contributed by atoms with van der Waals surface area (Å²) in [6.45, 7) is 6.98. The number of nitrogens with zero attached hydrogens (tertiary/aromatic N) is 2. The second kappa shape index (κ2) is 6.26. The number of carbonyl (C=O) groups excluding carboxylic acids is 1. The lowest BCUT2D eigenvalue weighted by atomic mass is 9.80. The Morgan fingerprint density at radius 2 is 1.89 bits per heavy atom. The van der Waals surface area contributed by atoms with E-state index in [2.05, 4.69) is 6.92 Å². The van der Waals surface area contributed by atoms with E-state index in [1.807, 2.05) is 14.0 Å². The van der Waals surface area contributed by atoms with Crippen LogP contribution in [0.2, 0.25) is 0 Å². The third kappa shape index (κ3) is 3.61. The zero-order valence-corrected chi connectivity index (χ0v) is 12.5. The Morgan fingerprint density at radius 3 is 2.32 bits per heavy atom. The second-order valence-electron chi connectivity index (χ2n) is 5.88. The van der Waals surface area contributed by atoms with Gasteiger partial charge in [-0.3, -0.25) is 4.79 Å². The highest BCUT2D eigenvalue weighted by atomic mass is 16.4. The zero-order valence-electron chi connectivity index (χ0n) is 12.5. The maximum atomic E-state index is 12.3. The fourth-order valence-electron chi connectivity index (χ4n) is 2.43. The van der Waals surface area contributed by atoms with Gasteiger partial charge in [0.15, 0.2) is 0 Å². The van der Waals surface area contributed by atoms with Crippen molar-refractivity contribution in [3.8, 4) is 0 Å². The lowest BCUT2D eigenvalue weighted by Gasteiger charge is -2.39. The molecule has 1 N–H and O–H groups in total. The van der Waals surface area contributed by atoms with Crippen molar-refractivity contribution in [1.82, 2.24) is 9.80 Å². The molecule has 5 nitrogen and oxygen atoms in total. The van der Waals surface area contributed by atoms with Crippen LogP contribution in [0.1, 0.15) is 46.5 Å². The molecule has 2 amide bonds. The molecule has 1 saturated heterocycles. The van der Waals surface area contributed by atoms with Crippen LogP contribution in [0.5, 0.6) is 0 Å². The molecule has 1 fully saturated rings. The maximum Gasteiger partial charge on any atom is 0.319 e. The Hall–Kier alpha value is -1.26. The Kier molecular flexibility index (Phi) is 5.20. The van der Waals surface area contributed by atoms with Crippen LogP contribution in [0.4, 0.5) is 4.79 Å². The molecule has 1 rings (SSSR count). The monoisotopic (exact) mass is 270 g/mol. The van der Waals surface area contributed by atoms with E-state index in [4.69, 9.17) is 0 Å². The highest BCUT2D eigenvalue weighted by Gasteiger charge is 2.38. The highest BCUT2D eigenvalue weighted by molar-refractivity contribution is 5.77. The minimum absolute atomic E-state index is 0.0217. The Bertz CT molecular complexity index is 336. The van der Waals surface area contributed by atoms with Gasteiger partial charge in [-0.1, -0.05) is 13.3 Å². The number of carboxylic acids is 1. The smallest absolute Gasteiger partial charge is 0.319 e. The third-order valence-corrected chi connectivity index (χ3v) is 4.32. The van der Waals surface area contributed by atoms with Gasteiger partial charge in [0.1, 0.15) is 0 Å². The number of piperidine rings is 1. The molecule has 0 saturated carbocycles. The van der Waals surface area contributed by atoms with Crippen LogP contribution in [0.25, 0.3) is 0 Å². The summed E-state index contributed by atoms with van der Waals surface area (Å²) in [6, 6.07) is 0.249. The summed E-state index contributed by atoms with van der Waals surface area (Å²) < 4.78 is 0. The van der Waals surface area contributed by atoms with E-state index in [-0.39, 0.29) is 12.1 Å². The van der Waals surface area contributed by atoms with Gasteiger partial charge in [0, 0.05) is 26.2 Å². The van der Waals surface area contributed by atoms with E-state index in [1.165, 1.54) is 0 Å². The van der Waals surface area contributed by atoms with Crippen LogP contribution in [-0.2, 0) is 4.79 Å². The zero-order chi connectivity index (χ0) is 14.6. The summed E-state index contributed by atoms with van der Waals surface area (Å²) in [7, 11) is 1.83. The predicted octanol–water partition coefficient (Wildman–Crippen LogP) is 2.41. The Labute approximate surface area is 115 Å². The van der Waals surface area contributed by atoms with Crippen molar-refractivity contribution in [2.24, 2.45) is 5.41 Å². The van der Waals surface area contributed by atoms with Crippen LogP contribution in [0, 0.1) is 5.41 Å². The van der Waals surface area contributed by atoms with Crippen LogP contribution >= 0.6 is 0 Å². The van der Waals surface area contributed by atoms with Crippen LogP contribution in [0.15, 0.2) is 0 Å². The molecule has 1 unspecified atom stereocenters. The molecule has 0 aromatic heterocycles. The first-order chi connectivity index (χ1) is 8.81. The van der Waals surface area contributed by atoms with E-state index in [1.54, 1.807) is 16.7 Å². The lowest BCUT2D eigenvalue weighted by Crippen LogP contribution is -2.50. The number of hydrogen-bond donors (Lipinski definition) is 1. The molecule has 0 aliphatic carbocycles. The fourth-order valence-corrected chi connectivity index (χ4v) is 2.43. The van der Waals surface area contributed by atoms with Gasteiger partial charge >= 0.3 is 12.0 Å². The van der Waals surface area contributed by atoms with E-state index in [9.17, 15) is 14.7 Å². The number of carboxylic acid groups (broad SMARTS) is 1. The average molecular weight is 270 g/mol. The minimum Gasteiger partial charge on any atom is -0.481 e. The summed E-state index contributed by atoms with van der Waals surface area (Å²) >= 11 is 0. The van der Waals surface area contributed by atoms with Crippen LogP contribution < -0.4 is 0 Å². The van der Waals surface area contributed by atoms with Crippen LogP contribution in [-0.4, -0.2) is 53.1 Å². The van der Waals surface area contributed by atoms with E-state index >= 15 is 0 Å². The normalized spacial score (nSPS) is 19.9. The van der Waals surface area contributed by atoms with Gasteiger partial charge < -0.3 is 14.9 Å². The molecule has 1 heterocycles. The molecule has 110 valence electrons. The Balaban J connectivity index is 2.55. The molecule has 1 aliphatic rings. The number of likely N-dealkylation sites (tertiary alicyclic amines) is 1. The van der Waals surface area contributed by atoms with E-state index in [0.717, 1.165) is 12.8 Å². The van der Waals surface area contributed by atoms with Crippen LogP contribution in [0.3, 0.4) is 0 Å². The largest absolute Gasteiger partial charge is 0.481 e. The van der Waals surface area contributed by atoms with Gasteiger partial charge in [0.25, 0.3) is 0 Å². The van der Waals surface area contributed by atoms with Crippen molar-refractivity contribution < 1.29 is 14.7 Å². The standard InChI is InChI=1S/C14H26N2O3/c1-5-6-11(2)15(4)13(19)16-9-7-14(3,8-10-16)12(17)18/h11H,5-10H2,1-4H3,(H,17,18). The number of aliphatic carboxylic acids is 1. The summed E-state index contributed by atoms with van der Waals surface area (Å²) in [5.74, 6) is -0.757. The number of hydrogen-bond acceptors (Lipinski definition) is 2. The topological polar surface area (TPSA) is 60.9 Å². The molecule has 5 heteroatoms. The van der Waals surface area contributed by atoms with Crippen molar-refractivity contribution in [2.75, 3.05) is 20.1 Å². The third-order valence-electron chi connectivity index (χ3n) is 4.32. The van der Waals surface area contributed by atoms with Crippen molar-refractivity contribution in [3.05, 3.63) is 0 Å². The molecular weight excluding hydrogens is 244 g/mol. The summed E-state index contributed by atoms with van der Waals surface area (Å²) in [6.07, 6.45) is 3.10. The van der Waals surface area contributed by atoms with Gasteiger partial charge in [-0.05, 0) is 33.1 Å². The summed E-state index contributed by atoms with van der Waals surface area (Å²) in [5, 5.41) is 9.18. The molecular formula is C14H26N2O3. The predicted molar refractivity (Wildman–Crippen MR) is 74.1 cm³/mol. The minimum atomic E-state index is -0.757. The lowest BCUT2D eigenvalue weighted by molar-refractivity contribution is -0.150. The Morgan fingerprint density at radius 1 is 1.37 bits per heavy atom. The number of amides is 2. The second-order valence-corrected chi connectivity index (χ2v) is 5.88. The fraction of sp³-hybridized carbons (Fsp3) is 0.857. The van der Waals surface area contributed by atoms with Crippen molar-refractivity contribution in [2.45, 2.75) is 52.5 Å². The quantitative estimate of drug-likeness (QED) is 0.853.